The van der Waals surface area contributed by atoms with E-state index in [0.29, 0.717) is 0 Å². The lowest BCUT2D eigenvalue weighted by molar-refractivity contribution is -0.141. The highest BCUT2D eigenvalue weighted by Crippen LogP contribution is 2.22. The van der Waals surface area contributed by atoms with Gasteiger partial charge < -0.3 is 10.2 Å². The van der Waals surface area contributed by atoms with Gasteiger partial charge in [0.05, 0.1) is 11.4 Å². The van der Waals surface area contributed by atoms with Crippen molar-refractivity contribution in [2.24, 2.45) is 0 Å². The summed E-state index contributed by atoms with van der Waals surface area (Å²) in [6.07, 6.45) is 0.280. The lowest BCUT2D eigenvalue weighted by Gasteiger charge is -2.34. The van der Waals surface area contributed by atoms with Crippen LogP contribution in [0.1, 0.15) is 31.9 Å². The van der Waals surface area contributed by atoms with Crippen LogP contribution in [0.4, 0.5) is 0 Å². The quantitative estimate of drug-likeness (QED) is 0.290. The third-order valence-electron chi connectivity index (χ3n) is 6.75. The molecule has 4 rings (SSSR count). The van der Waals surface area contributed by atoms with Gasteiger partial charge in [-0.3, -0.25) is 9.59 Å². The smallest absolute Gasteiger partial charge is 0.243 e. The molecule has 8 heteroatoms. The summed E-state index contributed by atoms with van der Waals surface area (Å²) in [6.45, 7) is 5.39. The maximum atomic E-state index is 14.0. The van der Waals surface area contributed by atoms with Crippen LogP contribution in [-0.2, 0) is 32.6 Å². The number of rotatable bonds is 10. The van der Waals surface area contributed by atoms with Crippen LogP contribution >= 0.6 is 0 Å². The predicted octanol–water partition coefficient (Wildman–Crippen LogP) is 5.02. The molecule has 2 amide bonds. The number of fused-ring (bicyclic) bond motifs is 1. The van der Waals surface area contributed by atoms with E-state index < -0.39 is 34.1 Å². The van der Waals surface area contributed by atoms with Gasteiger partial charge in [-0.1, -0.05) is 91.0 Å². The Hall–Kier alpha value is -4.01. The van der Waals surface area contributed by atoms with E-state index in [9.17, 15) is 18.0 Å². The van der Waals surface area contributed by atoms with Crippen LogP contribution < -0.4 is 5.32 Å². The molecule has 0 aliphatic carbocycles. The van der Waals surface area contributed by atoms with E-state index >= 15 is 0 Å². The minimum atomic E-state index is -3.98. The van der Waals surface area contributed by atoms with Crippen LogP contribution in [-0.4, -0.2) is 54.6 Å². The third kappa shape index (κ3) is 7.80. The van der Waals surface area contributed by atoms with Gasteiger partial charge in [-0.15, -0.1) is 0 Å². The number of hydrogen-bond donors (Lipinski definition) is 1. The second kappa shape index (κ2) is 12.7. The number of sulfonamides is 1. The molecular formula is C33H37N3O4S. The Balaban J connectivity index is 1.67. The van der Waals surface area contributed by atoms with Crippen molar-refractivity contribution in [3.63, 3.8) is 0 Å². The zero-order valence-electron chi connectivity index (χ0n) is 23.9. The molecule has 0 aliphatic rings. The largest absolute Gasteiger partial charge is 0.350 e. The first-order chi connectivity index (χ1) is 19.4. The molecule has 214 valence electrons. The fourth-order valence-corrected chi connectivity index (χ4v) is 5.82. The first-order valence-corrected chi connectivity index (χ1v) is 15.0. The molecule has 0 fully saturated rings. The molecule has 0 unspecified atom stereocenters. The molecule has 0 heterocycles. The standard InChI is InChI=1S/C33H37N3O4S/c1-33(2,3)34-32(38)30(21-25-13-7-5-8-14-25)36(23-26-15-9-6-10-16-26)31(37)24-35(4)41(39,40)29-20-19-27-17-11-12-18-28(27)22-29/h5-20,22,30H,21,23-24H2,1-4H3,(H,34,38)/t30-/m1/s1. The average molecular weight is 572 g/mol. The van der Waals surface area contributed by atoms with Crippen LogP contribution in [0.2, 0.25) is 0 Å². The van der Waals surface area contributed by atoms with Gasteiger partial charge >= 0.3 is 0 Å². The maximum absolute atomic E-state index is 14.0. The molecule has 4 aromatic carbocycles. The first-order valence-electron chi connectivity index (χ1n) is 13.6. The van der Waals surface area contributed by atoms with Gasteiger partial charge in [-0.05, 0) is 54.8 Å². The monoisotopic (exact) mass is 571 g/mol. The summed E-state index contributed by atoms with van der Waals surface area (Å²) in [5.41, 5.74) is 1.20. The summed E-state index contributed by atoms with van der Waals surface area (Å²) >= 11 is 0. The minimum Gasteiger partial charge on any atom is -0.350 e. The van der Waals surface area contributed by atoms with E-state index in [1.54, 1.807) is 18.2 Å². The van der Waals surface area contributed by atoms with Crippen molar-refractivity contribution in [2.75, 3.05) is 13.6 Å². The number of carbonyl (C=O) groups is 2. The molecular weight excluding hydrogens is 534 g/mol. The molecule has 0 saturated heterocycles. The fourth-order valence-electron chi connectivity index (χ4n) is 4.66. The molecule has 4 aromatic rings. The number of carbonyl (C=O) groups excluding carboxylic acids is 2. The lowest BCUT2D eigenvalue weighted by atomic mass is 10.0. The third-order valence-corrected chi connectivity index (χ3v) is 8.55. The molecule has 0 bridgehead atoms. The normalized spacial score (nSPS) is 12.7. The van der Waals surface area contributed by atoms with Gasteiger partial charge in [0.25, 0.3) is 0 Å². The molecule has 1 N–H and O–H groups in total. The van der Waals surface area contributed by atoms with Crippen molar-refractivity contribution in [1.82, 2.24) is 14.5 Å². The van der Waals surface area contributed by atoms with Crippen LogP contribution in [0.5, 0.6) is 0 Å². The number of likely N-dealkylation sites (N-methyl/N-ethyl adjacent to an activating group) is 1. The Morgan fingerprint density at radius 2 is 1.34 bits per heavy atom. The highest BCUT2D eigenvalue weighted by atomic mass is 32.2. The van der Waals surface area contributed by atoms with Gasteiger partial charge in [0.1, 0.15) is 6.04 Å². The molecule has 1 atom stereocenters. The first kappa shape index (κ1) is 30.0. The molecule has 41 heavy (non-hydrogen) atoms. The number of hydrogen-bond acceptors (Lipinski definition) is 4. The summed E-state index contributed by atoms with van der Waals surface area (Å²) in [5, 5.41) is 4.74. The number of nitrogens with one attached hydrogen (secondary N) is 1. The van der Waals surface area contributed by atoms with Gasteiger partial charge in [-0.25, -0.2) is 8.42 Å². The van der Waals surface area contributed by atoms with Crippen LogP contribution in [0.25, 0.3) is 10.8 Å². The second-order valence-corrected chi connectivity index (χ2v) is 13.3. The zero-order chi connectivity index (χ0) is 29.6. The Bertz CT molecular complexity index is 1600. The molecule has 0 spiro atoms. The van der Waals surface area contributed by atoms with Crippen molar-refractivity contribution in [1.29, 1.82) is 0 Å². The number of amides is 2. The van der Waals surface area contributed by atoms with Crippen molar-refractivity contribution in [2.45, 2.75) is 50.2 Å². The SMILES string of the molecule is CN(CC(=O)N(Cc1ccccc1)[C@H](Cc1ccccc1)C(=O)NC(C)(C)C)S(=O)(=O)c1ccc2ccccc2c1. The van der Waals surface area contributed by atoms with E-state index in [2.05, 4.69) is 5.32 Å². The number of nitrogens with zero attached hydrogens (tertiary/aromatic N) is 2. The van der Waals surface area contributed by atoms with E-state index in [-0.39, 0.29) is 23.8 Å². The minimum absolute atomic E-state index is 0.104. The number of benzene rings is 4. The van der Waals surface area contributed by atoms with Gasteiger partial charge in [0.2, 0.25) is 21.8 Å². The molecule has 0 radical (unpaired) electrons. The highest BCUT2D eigenvalue weighted by molar-refractivity contribution is 7.89. The Morgan fingerprint density at radius 3 is 1.95 bits per heavy atom. The summed E-state index contributed by atoms with van der Waals surface area (Å²) in [6, 6.07) is 30.5. The van der Waals surface area contributed by atoms with Crippen molar-refractivity contribution in [3.05, 3.63) is 114 Å². The van der Waals surface area contributed by atoms with Crippen molar-refractivity contribution < 1.29 is 18.0 Å². The zero-order valence-corrected chi connectivity index (χ0v) is 24.8. The Morgan fingerprint density at radius 1 is 0.780 bits per heavy atom. The van der Waals surface area contributed by atoms with Gasteiger partial charge in [0, 0.05) is 25.6 Å². The summed E-state index contributed by atoms with van der Waals surface area (Å²) in [5.74, 6) is -0.767. The van der Waals surface area contributed by atoms with Crippen molar-refractivity contribution >= 4 is 32.6 Å². The van der Waals surface area contributed by atoms with Crippen LogP contribution in [0.3, 0.4) is 0 Å². The van der Waals surface area contributed by atoms with E-state index in [0.717, 1.165) is 26.2 Å². The van der Waals surface area contributed by atoms with Crippen LogP contribution in [0, 0.1) is 0 Å². The van der Waals surface area contributed by atoms with Crippen molar-refractivity contribution in [3.8, 4) is 0 Å². The van der Waals surface area contributed by atoms with Crippen LogP contribution in [0.15, 0.2) is 108 Å². The average Bonchev–Trinajstić information content (AvgIpc) is 2.94. The molecule has 0 aliphatic heterocycles. The summed E-state index contributed by atoms with van der Waals surface area (Å²) < 4.78 is 28.2. The van der Waals surface area contributed by atoms with E-state index in [1.165, 1.54) is 11.9 Å². The Labute approximate surface area is 242 Å². The van der Waals surface area contributed by atoms with E-state index in [1.807, 2.05) is 106 Å². The lowest BCUT2D eigenvalue weighted by Crippen LogP contribution is -2.56. The fraction of sp³-hybridized carbons (Fsp3) is 0.273. The topological polar surface area (TPSA) is 86.8 Å². The highest BCUT2D eigenvalue weighted by Gasteiger charge is 2.34. The Kier molecular flexibility index (Phi) is 9.25. The predicted molar refractivity (Wildman–Crippen MR) is 163 cm³/mol. The molecule has 0 aromatic heterocycles. The molecule has 7 nitrogen and oxygen atoms in total. The van der Waals surface area contributed by atoms with Gasteiger partial charge in [-0.2, -0.15) is 4.31 Å². The maximum Gasteiger partial charge on any atom is 0.243 e. The summed E-state index contributed by atoms with van der Waals surface area (Å²) in [7, 11) is -2.59. The second-order valence-electron chi connectivity index (χ2n) is 11.2. The summed E-state index contributed by atoms with van der Waals surface area (Å²) in [4.78, 5) is 29.3. The molecule has 0 saturated carbocycles. The van der Waals surface area contributed by atoms with Gasteiger partial charge in [0.15, 0.2) is 0 Å². The van der Waals surface area contributed by atoms with E-state index in [4.69, 9.17) is 0 Å².